The third kappa shape index (κ3) is 3.97. The van der Waals surface area contributed by atoms with Crippen LogP contribution in [0.5, 0.6) is 0 Å². The Morgan fingerprint density at radius 3 is 2.93 bits per heavy atom. The van der Waals surface area contributed by atoms with Gasteiger partial charge in [0.2, 0.25) is 0 Å². The van der Waals surface area contributed by atoms with Crippen LogP contribution in [0.15, 0.2) is 25.0 Å². The zero-order valence-electron chi connectivity index (χ0n) is 8.72. The van der Waals surface area contributed by atoms with Gasteiger partial charge >= 0.3 is 5.97 Å². The summed E-state index contributed by atoms with van der Waals surface area (Å²) in [5, 5.41) is 12.6. The number of carboxylic acids is 1. The number of nitrogens with zero attached hydrogens (tertiary/aromatic N) is 2. The summed E-state index contributed by atoms with van der Waals surface area (Å²) in [5.74, 6) is -0.923. The minimum absolute atomic E-state index is 0.251. The van der Waals surface area contributed by atoms with Gasteiger partial charge in [-0.3, -0.25) is 4.68 Å². The molecule has 0 radical (unpaired) electrons. The van der Waals surface area contributed by atoms with Crippen molar-refractivity contribution in [2.45, 2.75) is 32.2 Å². The highest BCUT2D eigenvalue weighted by atomic mass is 16.4. The van der Waals surface area contributed by atoms with Crippen molar-refractivity contribution < 1.29 is 9.90 Å². The van der Waals surface area contributed by atoms with Gasteiger partial charge in [0.1, 0.15) is 0 Å². The number of rotatable bonds is 7. The fourth-order valence-corrected chi connectivity index (χ4v) is 1.34. The van der Waals surface area contributed by atoms with Crippen molar-refractivity contribution >= 4 is 5.97 Å². The summed E-state index contributed by atoms with van der Waals surface area (Å²) in [6.07, 6.45) is 9.18. The second kappa shape index (κ2) is 6.01. The summed E-state index contributed by atoms with van der Waals surface area (Å²) in [5.41, 5.74) is 0.251. The Labute approximate surface area is 89.2 Å². The third-order valence-electron chi connectivity index (χ3n) is 2.18. The molecule has 1 rings (SSSR count). The van der Waals surface area contributed by atoms with E-state index >= 15 is 0 Å². The summed E-state index contributed by atoms with van der Waals surface area (Å²) in [7, 11) is 0. The molecule has 0 saturated heterocycles. The molecule has 0 unspecified atom stereocenters. The molecule has 4 heteroatoms. The number of hydrogen-bond acceptors (Lipinski definition) is 2. The Balaban J connectivity index is 2.25. The van der Waals surface area contributed by atoms with Crippen LogP contribution < -0.4 is 0 Å². The van der Waals surface area contributed by atoms with E-state index in [-0.39, 0.29) is 5.56 Å². The number of carboxylic acid groups (broad SMARTS) is 1. The summed E-state index contributed by atoms with van der Waals surface area (Å²) in [6, 6.07) is 0. The lowest BCUT2D eigenvalue weighted by atomic mass is 10.2. The van der Waals surface area contributed by atoms with E-state index in [9.17, 15) is 4.79 Å². The van der Waals surface area contributed by atoms with Crippen molar-refractivity contribution in [3.05, 3.63) is 30.6 Å². The maximum absolute atomic E-state index is 10.6. The molecule has 1 N–H and O–H groups in total. The van der Waals surface area contributed by atoms with Crippen molar-refractivity contribution in [2.24, 2.45) is 0 Å². The fourth-order valence-electron chi connectivity index (χ4n) is 1.34. The van der Waals surface area contributed by atoms with Crippen LogP contribution in [-0.2, 0) is 6.54 Å². The van der Waals surface area contributed by atoms with Crippen LogP contribution in [0.3, 0.4) is 0 Å². The van der Waals surface area contributed by atoms with E-state index in [4.69, 9.17) is 5.11 Å². The first-order valence-corrected chi connectivity index (χ1v) is 5.10. The smallest absolute Gasteiger partial charge is 0.338 e. The summed E-state index contributed by atoms with van der Waals surface area (Å²) < 4.78 is 1.68. The van der Waals surface area contributed by atoms with E-state index < -0.39 is 5.97 Å². The standard InChI is InChI=1S/C11H16N2O2/c1-2-3-4-5-6-7-13-9-10(8-12-13)11(14)15/h2,8-9H,1,3-7H2,(H,14,15). The molecule has 1 aromatic heterocycles. The highest BCUT2D eigenvalue weighted by molar-refractivity contribution is 5.86. The fraction of sp³-hybridized carbons (Fsp3) is 0.455. The molecule has 0 aromatic carbocycles. The van der Waals surface area contributed by atoms with Crippen molar-refractivity contribution in [3.63, 3.8) is 0 Å². The summed E-state index contributed by atoms with van der Waals surface area (Å²) >= 11 is 0. The second-order valence-corrected chi connectivity index (χ2v) is 3.44. The number of aromatic carboxylic acids is 1. The molecule has 0 fully saturated rings. The van der Waals surface area contributed by atoms with Crippen molar-refractivity contribution in [2.75, 3.05) is 0 Å². The Morgan fingerprint density at radius 2 is 2.33 bits per heavy atom. The lowest BCUT2D eigenvalue weighted by Gasteiger charge is -1.99. The van der Waals surface area contributed by atoms with Crippen molar-refractivity contribution in [1.29, 1.82) is 0 Å². The van der Waals surface area contributed by atoms with Crippen LogP contribution in [0.4, 0.5) is 0 Å². The quantitative estimate of drug-likeness (QED) is 0.552. The molecule has 0 atom stereocenters. The van der Waals surface area contributed by atoms with E-state index in [0.717, 1.165) is 32.2 Å². The largest absolute Gasteiger partial charge is 0.478 e. The zero-order chi connectivity index (χ0) is 11.1. The lowest BCUT2D eigenvalue weighted by molar-refractivity contribution is 0.0697. The molecule has 0 aliphatic heterocycles. The van der Waals surface area contributed by atoms with Crippen LogP contribution in [0, 0.1) is 0 Å². The molecule has 1 aromatic rings. The van der Waals surface area contributed by atoms with E-state index in [2.05, 4.69) is 11.7 Å². The van der Waals surface area contributed by atoms with E-state index in [0.29, 0.717) is 0 Å². The maximum Gasteiger partial charge on any atom is 0.338 e. The minimum Gasteiger partial charge on any atom is -0.478 e. The molecular weight excluding hydrogens is 192 g/mol. The van der Waals surface area contributed by atoms with Gasteiger partial charge in [0, 0.05) is 12.7 Å². The lowest BCUT2D eigenvalue weighted by Crippen LogP contribution is -1.98. The van der Waals surface area contributed by atoms with E-state index in [1.54, 1.807) is 10.9 Å². The molecule has 15 heavy (non-hydrogen) atoms. The van der Waals surface area contributed by atoms with Crippen LogP contribution in [0.1, 0.15) is 36.0 Å². The summed E-state index contributed by atoms with van der Waals surface area (Å²) in [4.78, 5) is 10.6. The SMILES string of the molecule is C=CCCCCCn1cc(C(=O)O)cn1. The topological polar surface area (TPSA) is 55.1 Å². The zero-order valence-corrected chi connectivity index (χ0v) is 8.72. The molecular formula is C11H16N2O2. The number of unbranched alkanes of at least 4 members (excludes halogenated alkanes) is 3. The van der Waals surface area contributed by atoms with Gasteiger partial charge in [-0.15, -0.1) is 6.58 Å². The molecule has 0 aliphatic rings. The van der Waals surface area contributed by atoms with Crippen LogP contribution >= 0.6 is 0 Å². The maximum atomic E-state index is 10.6. The van der Waals surface area contributed by atoms with Gasteiger partial charge in [0.15, 0.2) is 0 Å². The van der Waals surface area contributed by atoms with Gasteiger partial charge in [0.25, 0.3) is 0 Å². The Hall–Kier alpha value is -1.58. The van der Waals surface area contributed by atoms with E-state index in [1.807, 2.05) is 6.08 Å². The van der Waals surface area contributed by atoms with Gasteiger partial charge in [-0.2, -0.15) is 5.10 Å². The van der Waals surface area contributed by atoms with Crippen LogP contribution in [0.25, 0.3) is 0 Å². The molecule has 0 amide bonds. The number of aryl methyl sites for hydroxylation is 1. The number of aromatic nitrogens is 2. The van der Waals surface area contributed by atoms with Crippen LogP contribution in [-0.4, -0.2) is 20.9 Å². The molecule has 4 nitrogen and oxygen atoms in total. The number of allylic oxidation sites excluding steroid dienone is 1. The molecule has 1 heterocycles. The van der Waals surface area contributed by atoms with Gasteiger partial charge in [0.05, 0.1) is 11.8 Å². The Kier molecular flexibility index (Phi) is 4.60. The number of hydrogen-bond donors (Lipinski definition) is 1. The molecule has 0 spiro atoms. The van der Waals surface area contributed by atoms with Crippen molar-refractivity contribution in [3.8, 4) is 0 Å². The summed E-state index contributed by atoms with van der Waals surface area (Å²) in [6.45, 7) is 4.44. The van der Waals surface area contributed by atoms with Crippen LogP contribution in [0.2, 0.25) is 0 Å². The van der Waals surface area contributed by atoms with Crippen molar-refractivity contribution in [1.82, 2.24) is 9.78 Å². The van der Waals surface area contributed by atoms with E-state index in [1.165, 1.54) is 6.20 Å². The first-order valence-electron chi connectivity index (χ1n) is 5.10. The average molecular weight is 208 g/mol. The highest BCUT2D eigenvalue weighted by Gasteiger charge is 2.04. The molecule has 0 aliphatic carbocycles. The van der Waals surface area contributed by atoms with Gasteiger partial charge in [-0.1, -0.05) is 12.5 Å². The van der Waals surface area contributed by atoms with Gasteiger partial charge in [-0.05, 0) is 19.3 Å². The normalized spacial score (nSPS) is 10.1. The predicted molar refractivity (Wildman–Crippen MR) is 57.9 cm³/mol. The first-order chi connectivity index (χ1) is 7.24. The second-order valence-electron chi connectivity index (χ2n) is 3.44. The number of carbonyl (C=O) groups is 1. The Morgan fingerprint density at radius 1 is 1.53 bits per heavy atom. The Bertz CT molecular complexity index is 331. The third-order valence-corrected chi connectivity index (χ3v) is 2.18. The monoisotopic (exact) mass is 208 g/mol. The molecule has 82 valence electrons. The average Bonchev–Trinajstić information content (AvgIpc) is 2.66. The minimum atomic E-state index is -0.923. The predicted octanol–water partition coefficient (Wildman–Crippen LogP) is 2.33. The molecule has 0 bridgehead atoms. The first kappa shape index (κ1) is 11.5. The highest BCUT2D eigenvalue weighted by Crippen LogP contribution is 2.03. The van der Waals surface area contributed by atoms with Gasteiger partial charge in [-0.25, -0.2) is 4.79 Å². The van der Waals surface area contributed by atoms with Gasteiger partial charge < -0.3 is 5.11 Å². The molecule has 0 saturated carbocycles.